The van der Waals surface area contributed by atoms with Crippen molar-refractivity contribution in [1.29, 1.82) is 0 Å². The molecular formula is C19H24ClN3O5. The highest BCUT2D eigenvalue weighted by Gasteiger charge is 2.29. The van der Waals surface area contributed by atoms with Crippen LogP contribution < -0.4 is 10.3 Å². The van der Waals surface area contributed by atoms with Crippen LogP contribution in [0.1, 0.15) is 18.1 Å². The number of hydroxylamine groups is 2. The second-order valence-electron chi connectivity index (χ2n) is 6.54. The van der Waals surface area contributed by atoms with Gasteiger partial charge in [-0.15, -0.1) is 0 Å². The van der Waals surface area contributed by atoms with E-state index in [4.69, 9.17) is 25.9 Å². The topological polar surface area (TPSA) is 74.9 Å². The monoisotopic (exact) mass is 409 g/mol. The summed E-state index contributed by atoms with van der Waals surface area (Å²) < 4.78 is 13.7. The number of hydrogen-bond donors (Lipinski definition) is 0. The fourth-order valence-electron chi connectivity index (χ4n) is 3.57. The third-order valence-corrected chi connectivity index (χ3v) is 4.98. The van der Waals surface area contributed by atoms with E-state index < -0.39 is 6.16 Å². The smallest absolute Gasteiger partial charge is 0.434 e. The molecule has 0 N–H and O–H groups in total. The summed E-state index contributed by atoms with van der Waals surface area (Å²) in [6, 6.07) is 3.58. The van der Waals surface area contributed by atoms with Crippen molar-refractivity contribution in [3.63, 3.8) is 0 Å². The molecule has 0 aliphatic carbocycles. The van der Waals surface area contributed by atoms with Gasteiger partial charge in [-0.25, -0.2) is 14.2 Å². The standard InChI is InChI=1S/C19H24ClN3O5/c1-5-27-19(25)28-18-16(15-12(2)10-14(20)11-13(15)3)17(24)22-8-6-21(26-4)7-9-23(18)22/h10-11H,5-9H2,1-4H3. The number of benzene rings is 1. The zero-order chi connectivity index (χ0) is 20.4. The zero-order valence-corrected chi connectivity index (χ0v) is 17.2. The minimum Gasteiger partial charge on any atom is -0.434 e. The van der Waals surface area contributed by atoms with Crippen LogP contribution >= 0.6 is 11.6 Å². The van der Waals surface area contributed by atoms with Crippen molar-refractivity contribution in [3.05, 3.63) is 38.6 Å². The van der Waals surface area contributed by atoms with Gasteiger partial charge in [0.15, 0.2) is 0 Å². The molecule has 8 nitrogen and oxygen atoms in total. The van der Waals surface area contributed by atoms with E-state index in [1.807, 2.05) is 13.8 Å². The molecule has 1 aliphatic heterocycles. The molecule has 28 heavy (non-hydrogen) atoms. The summed E-state index contributed by atoms with van der Waals surface area (Å²) >= 11 is 6.16. The van der Waals surface area contributed by atoms with Crippen LogP contribution in [0.3, 0.4) is 0 Å². The molecule has 2 heterocycles. The third-order valence-electron chi connectivity index (χ3n) is 4.76. The lowest BCUT2D eigenvalue weighted by atomic mass is 9.97. The number of ether oxygens (including phenoxy) is 2. The molecular weight excluding hydrogens is 386 g/mol. The highest BCUT2D eigenvalue weighted by molar-refractivity contribution is 6.30. The van der Waals surface area contributed by atoms with Crippen LogP contribution in [-0.4, -0.2) is 47.4 Å². The Balaban J connectivity index is 2.20. The van der Waals surface area contributed by atoms with Crippen molar-refractivity contribution in [3.8, 4) is 17.0 Å². The molecule has 0 radical (unpaired) electrons. The summed E-state index contributed by atoms with van der Waals surface area (Å²) in [5, 5.41) is 2.34. The Morgan fingerprint density at radius 1 is 1.07 bits per heavy atom. The molecule has 0 saturated carbocycles. The number of carbonyl (C=O) groups excluding carboxylic acids is 1. The van der Waals surface area contributed by atoms with Crippen molar-refractivity contribution < 1.29 is 19.1 Å². The predicted molar refractivity (Wildman–Crippen MR) is 105 cm³/mol. The number of aryl methyl sites for hydroxylation is 2. The first-order chi connectivity index (χ1) is 13.4. The van der Waals surface area contributed by atoms with E-state index in [1.165, 1.54) is 0 Å². The molecule has 0 unspecified atom stereocenters. The first kappa shape index (κ1) is 20.4. The zero-order valence-electron chi connectivity index (χ0n) is 16.5. The van der Waals surface area contributed by atoms with Crippen molar-refractivity contribution in [2.45, 2.75) is 33.9 Å². The average Bonchev–Trinajstić information content (AvgIpc) is 2.78. The van der Waals surface area contributed by atoms with Gasteiger partial charge >= 0.3 is 6.16 Å². The molecule has 9 heteroatoms. The van der Waals surface area contributed by atoms with Gasteiger partial charge in [-0.3, -0.25) is 4.79 Å². The summed E-state index contributed by atoms with van der Waals surface area (Å²) in [5.41, 5.74) is 2.48. The van der Waals surface area contributed by atoms with Crippen LogP contribution in [0.4, 0.5) is 4.79 Å². The van der Waals surface area contributed by atoms with Crippen LogP contribution in [0.15, 0.2) is 16.9 Å². The van der Waals surface area contributed by atoms with Gasteiger partial charge in [0.05, 0.1) is 26.8 Å². The molecule has 2 aromatic rings. The van der Waals surface area contributed by atoms with Gasteiger partial charge in [0.2, 0.25) is 5.88 Å². The van der Waals surface area contributed by atoms with Crippen molar-refractivity contribution in [2.24, 2.45) is 0 Å². The highest BCUT2D eigenvalue weighted by Crippen LogP contribution is 2.35. The van der Waals surface area contributed by atoms with Gasteiger partial charge in [0, 0.05) is 18.1 Å². The average molecular weight is 410 g/mol. The highest BCUT2D eigenvalue weighted by atomic mass is 35.5. The van der Waals surface area contributed by atoms with Crippen LogP contribution in [0.2, 0.25) is 5.02 Å². The van der Waals surface area contributed by atoms with Crippen LogP contribution in [0, 0.1) is 13.8 Å². The molecule has 0 bridgehead atoms. The summed E-state index contributed by atoms with van der Waals surface area (Å²) in [7, 11) is 1.59. The Morgan fingerprint density at radius 3 is 2.25 bits per heavy atom. The predicted octanol–water partition coefficient (Wildman–Crippen LogP) is 3.00. The minimum absolute atomic E-state index is 0.176. The van der Waals surface area contributed by atoms with E-state index in [1.54, 1.807) is 40.6 Å². The lowest BCUT2D eigenvalue weighted by Gasteiger charge is -2.16. The third kappa shape index (κ3) is 3.80. The maximum absolute atomic E-state index is 13.3. The summed E-state index contributed by atoms with van der Waals surface area (Å²) in [5.74, 6) is 0.176. The largest absolute Gasteiger partial charge is 0.515 e. The maximum Gasteiger partial charge on any atom is 0.515 e. The fourth-order valence-corrected chi connectivity index (χ4v) is 3.90. The number of hydrogen-bond acceptors (Lipinski definition) is 6. The number of fused-ring (bicyclic) bond motifs is 1. The molecule has 1 aromatic carbocycles. The number of halogens is 1. The van der Waals surface area contributed by atoms with E-state index in [0.717, 1.165) is 11.1 Å². The van der Waals surface area contributed by atoms with Crippen molar-refractivity contribution in [2.75, 3.05) is 26.8 Å². The van der Waals surface area contributed by atoms with Gasteiger partial charge in [-0.2, -0.15) is 5.06 Å². The molecule has 152 valence electrons. The Hall–Kier alpha value is -2.29. The van der Waals surface area contributed by atoms with Gasteiger partial charge in [-0.1, -0.05) is 11.6 Å². The second kappa shape index (κ2) is 8.38. The number of carbonyl (C=O) groups is 1. The first-order valence-corrected chi connectivity index (χ1v) is 9.49. The van der Waals surface area contributed by atoms with E-state index in [9.17, 15) is 9.59 Å². The van der Waals surface area contributed by atoms with Gasteiger partial charge in [0.25, 0.3) is 5.56 Å². The van der Waals surface area contributed by atoms with Crippen molar-refractivity contribution in [1.82, 2.24) is 14.4 Å². The lowest BCUT2D eigenvalue weighted by Crippen LogP contribution is -2.27. The molecule has 1 aliphatic rings. The van der Waals surface area contributed by atoms with E-state index in [-0.39, 0.29) is 18.0 Å². The summed E-state index contributed by atoms with van der Waals surface area (Å²) in [6.07, 6.45) is -0.846. The van der Waals surface area contributed by atoms with Crippen LogP contribution in [0.5, 0.6) is 5.88 Å². The fraction of sp³-hybridized carbons (Fsp3) is 0.474. The Bertz CT molecular complexity index is 927. The Morgan fingerprint density at radius 2 is 1.68 bits per heavy atom. The SMILES string of the molecule is CCOC(=O)Oc1c(-c2c(C)cc(Cl)cc2C)c(=O)n2n1CCN(OC)CC2. The lowest BCUT2D eigenvalue weighted by molar-refractivity contribution is -0.130. The Labute approximate surface area is 168 Å². The quantitative estimate of drug-likeness (QED) is 0.722. The summed E-state index contributed by atoms with van der Waals surface area (Å²) in [6.45, 7) is 7.53. The maximum atomic E-state index is 13.3. The number of nitrogens with zero attached hydrogens (tertiary/aromatic N) is 3. The van der Waals surface area contributed by atoms with E-state index in [2.05, 4.69) is 0 Å². The molecule has 0 spiro atoms. The molecule has 0 fully saturated rings. The van der Waals surface area contributed by atoms with Crippen molar-refractivity contribution >= 4 is 17.8 Å². The number of rotatable bonds is 4. The second-order valence-corrected chi connectivity index (χ2v) is 6.98. The molecule has 0 atom stereocenters. The Kier molecular flexibility index (Phi) is 6.12. The van der Waals surface area contributed by atoms with E-state index >= 15 is 0 Å². The number of aromatic nitrogens is 2. The van der Waals surface area contributed by atoms with E-state index in [0.29, 0.717) is 42.3 Å². The van der Waals surface area contributed by atoms with Crippen LogP contribution in [0.25, 0.3) is 11.1 Å². The molecule has 0 saturated heterocycles. The van der Waals surface area contributed by atoms with Gasteiger partial charge in [-0.05, 0) is 49.6 Å². The molecule has 3 rings (SSSR count). The molecule has 1 aromatic heterocycles. The minimum atomic E-state index is -0.846. The molecule has 0 amide bonds. The van der Waals surface area contributed by atoms with Crippen LogP contribution in [-0.2, 0) is 22.7 Å². The summed E-state index contributed by atoms with van der Waals surface area (Å²) in [4.78, 5) is 30.7. The van der Waals surface area contributed by atoms with Gasteiger partial charge < -0.3 is 14.3 Å². The van der Waals surface area contributed by atoms with Gasteiger partial charge in [0.1, 0.15) is 5.56 Å². The normalized spacial score (nSPS) is 14.5. The first-order valence-electron chi connectivity index (χ1n) is 9.11.